The third kappa shape index (κ3) is 3.81. The van der Waals surface area contributed by atoms with Gasteiger partial charge >= 0.3 is 0 Å². The fourth-order valence-electron chi connectivity index (χ4n) is 1.59. The number of benzene rings is 1. The molecule has 1 nitrogen and oxygen atoms in total. The van der Waals surface area contributed by atoms with E-state index in [-0.39, 0.29) is 12.0 Å². The van der Waals surface area contributed by atoms with Crippen LogP contribution in [0.25, 0.3) is 0 Å². The fraction of sp³-hybridized carbons (Fsp3) is 0.500. The van der Waals surface area contributed by atoms with Gasteiger partial charge in [-0.05, 0) is 36.0 Å². The largest absolute Gasteiger partial charge is 0.396 e. The average Bonchev–Trinajstić information content (AvgIpc) is 2.02. The summed E-state index contributed by atoms with van der Waals surface area (Å²) < 4.78 is 1.12. The van der Waals surface area contributed by atoms with Crippen LogP contribution < -0.4 is 0 Å². The summed E-state index contributed by atoms with van der Waals surface area (Å²) in [7, 11) is 0. The number of rotatable bonds is 4. The molecule has 1 N–H and O–H groups in total. The first-order valence-corrected chi connectivity index (χ1v) is 5.68. The van der Waals surface area contributed by atoms with Gasteiger partial charge in [-0.3, -0.25) is 0 Å². The highest BCUT2D eigenvalue weighted by molar-refractivity contribution is 9.10. The molecule has 0 amide bonds. The number of aliphatic hydroxyl groups is 1. The van der Waals surface area contributed by atoms with Crippen LogP contribution in [0.2, 0.25) is 0 Å². The number of aliphatic hydroxyl groups excluding tert-OH is 1. The smallest absolute Gasteiger partial charge is 0.0436 e. The van der Waals surface area contributed by atoms with Gasteiger partial charge < -0.3 is 5.11 Å². The second-order valence-electron chi connectivity index (χ2n) is 4.44. The van der Waals surface area contributed by atoms with Crippen molar-refractivity contribution in [3.63, 3.8) is 0 Å². The summed E-state index contributed by atoms with van der Waals surface area (Å²) >= 11 is 3.46. The second-order valence-corrected chi connectivity index (χ2v) is 5.36. The molecule has 0 heterocycles. The molecule has 78 valence electrons. The predicted octanol–water partition coefficient (Wildman–Crippen LogP) is 3.40. The summed E-state index contributed by atoms with van der Waals surface area (Å²) in [6.45, 7) is 4.63. The van der Waals surface area contributed by atoms with Crippen molar-refractivity contribution in [1.82, 2.24) is 0 Å². The topological polar surface area (TPSA) is 20.2 Å². The molecule has 0 aliphatic heterocycles. The molecule has 0 aliphatic carbocycles. The van der Waals surface area contributed by atoms with Gasteiger partial charge in [0.1, 0.15) is 0 Å². The standard InChI is InChI=1S/C12H17BrO/c1-12(2,6-7-14)9-10-4-3-5-11(13)8-10/h3-5,8,14H,6-7,9H2,1-2H3. The van der Waals surface area contributed by atoms with Crippen molar-refractivity contribution in [2.24, 2.45) is 5.41 Å². The van der Waals surface area contributed by atoms with Gasteiger partial charge in [0, 0.05) is 11.1 Å². The van der Waals surface area contributed by atoms with Crippen molar-refractivity contribution in [2.45, 2.75) is 26.7 Å². The summed E-state index contributed by atoms with van der Waals surface area (Å²) in [6.07, 6.45) is 1.85. The summed E-state index contributed by atoms with van der Waals surface area (Å²) in [6, 6.07) is 8.35. The second kappa shape index (κ2) is 4.94. The van der Waals surface area contributed by atoms with E-state index < -0.39 is 0 Å². The molecule has 0 saturated heterocycles. The Balaban J connectivity index is 2.68. The Morgan fingerprint density at radius 1 is 1.36 bits per heavy atom. The minimum Gasteiger partial charge on any atom is -0.396 e. The number of hydrogen-bond acceptors (Lipinski definition) is 1. The van der Waals surface area contributed by atoms with Gasteiger partial charge in [0.15, 0.2) is 0 Å². The molecule has 0 radical (unpaired) electrons. The van der Waals surface area contributed by atoms with E-state index in [2.05, 4.69) is 48.0 Å². The molecular formula is C12H17BrO. The van der Waals surface area contributed by atoms with E-state index >= 15 is 0 Å². The maximum absolute atomic E-state index is 8.93. The molecule has 0 spiro atoms. The van der Waals surface area contributed by atoms with E-state index in [0.29, 0.717) is 0 Å². The van der Waals surface area contributed by atoms with E-state index in [4.69, 9.17) is 5.11 Å². The van der Waals surface area contributed by atoms with Gasteiger partial charge in [0.05, 0.1) is 0 Å². The number of halogens is 1. The Labute approximate surface area is 94.3 Å². The van der Waals surface area contributed by atoms with Gasteiger partial charge in [-0.15, -0.1) is 0 Å². The van der Waals surface area contributed by atoms with E-state index in [1.807, 2.05) is 6.07 Å². The molecule has 1 rings (SSSR count). The van der Waals surface area contributed by atoms with Crippen molar-refractivity contribution >= 4 is 15.9 Å². The van der Waals surface area contributed by atoms with E-state index in [9.17, 15) is 0 Å². The Morgan fingerprint density at radius 3 is 2.64 bits per heavy atom. The average molecular weight is 257 g/mol. The highest BCUT2D eigenvalue weighted by Crippen LogP contribution is 2.26. The highest BCUT2D eigenvalue weighted by atomic mass is 79.9. The molecule has 0 saturated carbocycles. The SMILES string of the molecule is CC(C)(CCO)Cc1cccc(Br)c1. The molecule has 0 unspecified atom stereocenters. The highest BCUT2D eigenvalue weighted by Gasteiger charge is 2.17. The van der Waals surface area contributed by atoms with Crippen molar-refractivity contribution in [2.75, 3.05) is 6.61 Å². The van der Waals surface area contributed by atoms with E-state index in [1.165, 1.54) is 5.56 Å². The van der Waals surface area contributed by atoms with E-state index in [0.717, 1.165) is 17.3 Å². The van der Waals surface area contributed by atoms with Gasteiger partial charge in [-0.25, -0.2) is 0 Å². The lowest BCUT2D eigenvalue weighted by Crippen LogP contribution is -2.16. The first-order chi connectivity index (χ1) is 6.53. The van der Waals surface area contributed by atoms with Crippen LogP contribution in [0.3, 0.4) is 0 Å². The maximum atomic E-state index is 8.93. The monoisotopic (exact) mass is 256 g/mol. The van der Waals surface area contributed by atoms with Gasteiger partial charge in [-0.1, -0.05) is 41.9 Å². The van der Waals surface area contributed by atoms with Crippen molar-refractivity contribution < 1.29 is 5.11 Å². The summed E-state index contributed by atoms with van der Waals surface area (Å²) in [5.74, 6) is 0. The van der Waals surface area contributed by atoms with Gasteiger partial charge in [0.25, 0.3) is 0 Å². The molecule has 0 aliphatic rings. The molecular weight excluding hydrogens is 240 g/mol. The van der Waals surface area contributed by atoms with Crippen LogP contribution in [0.15, 0.2) is 28.7 Å². The first kappa shape index (κ1) is 11.7. The Kier molecular flexibility index (Phi) is 4.14. The van der Waals surface area contributed by atoms with Crippen LogP contribution in [0.1, 0.15) is 25.8 Å². The lowest BCUT2D eigenvalue weighted by Gasteiger charge is -2.23. The summed E-state index contributed by atoms with van der Waals surface area (Å²) in [4.78, 5) is 0. The third-order valence-electron chi connectivity index (χ3n) is 2.36. The Hall–Kier alpha value is -0.340. The lowest BCUT2D eigenvalue weighted by atomic mass is 9.83. The predicted molar refractivity (Wildman–Crippen MR) is 63.3 cm³/mol. The first-order valence-electron chi connectivity index (χ1n) is 4.89. The molecule has 0 bridgehead atoms. The van der Waals surface area contributed by atoms with Crippen LogP contribution >= 0.6 is 15.9 Å². The number of hydrogen-bond donors (Lipinski definition) is 1. The minimum atomic E-state index is 0.176. The molecule has 0 fully saturated rings. The maximum Gasteiger partial charge on any atom is 0.0436 e. The molecule has 1 aromatic rings. The van der Waals surface area contributed by atoms with Crippen molar-refractivity contribution in [1.29, 1.82) is 0 Å². The normalized spacial score (nSPS) is 11.7. The Bertz CT molecular complexity index is 294. The zero-order chi connectivity index (χ0) is 10.6. The zero-order valence-corrected chi connectivity index (χ0v) is 10.3. The molecule has 2 heteroatoms. The van der Waals surface area contributed by atoms with Crippen molar-refractivity contribution in [3.8, 4) is 0 Å². The molecule has 0 atom stereocenters. The summed E-state index contributed by atoms with van der Waals surface area (Å²) in [5.41, 5.74) is 1.49. The van der Waals surface area contributed by atoms with Crippen LogP contribution in [0.4, 0.5) is 0 Å². The molecule has 1 aromatic carbocycles. The van der Waals surface area contributed by atoms with Gasteiger partial charge in [-0.2, -0.15) is 0 Å². The summed E-state index contributed by atoms with van der Waals surface area (Å²) in [5, 5.41) is 8.93. The van der Waals surface area contributed by atoms with Crippen molar-refractivity contribution in [3.05, 3.63) is 34.3 Å². The minimum absolute atomic E-state index is 0.176. The fourth-order valence-corrected chi connectivity index (χ4v) is 2.04. The van der Waals surface area contributed by atoms with Crippen LogP contribution in [0, 0.1) is 5.41 Å². The zero-order valence-electron chi connectivity index (χ0n) is 8.76. The van der Waals surface area contributed by atoms with E-state index in [1.54, 1.807) is 0 Å². The quantitative estimate of drug-likeness (QED) is 0.876. The lowest BCUT2D eigenvalue weighted by molar-refractivity contribution is 0.211. The Morgan fingerprint density at radius 2 is 2.07 bits per heavy atom. The van der Waals surface area contributed by atoms with Crippen LogP contribution in [-0.4, -0.2) is 11.7 Å². The van der Waals surface area contributed by atoms with Crippen LogP contribution in [0.5, 0.6) is 0 Å². The molecule has 0 aromatic heterocycles. The molecule has 14 heavy (non-hydrogen) atoms. The van der Waals surface area contributed by atoms with Crippen LogP contribution in [-0.2, 0) is 6.42 Å². The van der Waals surface area contributed by atoms with Gasteiger partial charge in [0.2, 0.25) is 0 Å². The third-order valence-corrected chi connectivity index (χ3v) is 2.85.